The van der Waals surface area contributed by atoms with Crippen LogP contribution in [0.1, 0.15) is 13.3 Å². The molecule has 6 heteroatoms. The molecule has 2 rings (SSSR count). The molecule has 1 aromatic carbocycles. The van der Waals surface area contributed by atoms with Crippen molar-refractivity contribution in [2.45, 2.75) is 13.3 Å². The number of ether oxygens (including phenoxy) is 1. The van der Waals surface area contributed by atoms with E-state index in [1.54, 1.807) is 31.4 Å². The van der Waals surface area contributed by atoms with Gasteiger partial charge in [0.05, 0.1) is 13.3 Å². The van der Waals surface area contributed by atoms with Gasteiger partial charge in [0.15, 0.2) is 11.6 Å². The molecule has 106 valence electrons. The molecular weight excluding hydrogens is 259 g/mol. The van der Waals surface area contributed by atoms with Crippen molar-refractivity contribution >= 4 is 17.5 Å². The van der Waals surface area contributed by atoms with Gasteiger partial charge in [0.2, 0.25) is 5.95 Å². The molecule has 1 heterocycles. The molecule has 0 amide bonds. The number of anilines is 3. The Morgan fingerprint density at radius 3 is 2.65 bits per heavy atom. The van der Waals surface area contributed by atoms with E-state index in [4.69, 9.17) is 4.74 Å². The van der Waals surface area contributed by atoms with Crippen LogP contribution in [0.15, 0.2) is 30.5 Å². The number of nitrogens with zero attached hydrogens (tertiary/aromatic N) is 2. The van der Waals surface area contributed by atoms with Gasteiger partial charge in [0.25, 0.3) is 0 Å². The molecule has 0 radical (unpaired) electrons. The van der Waals surface area contributed by atoms with E-state index in [-0.39, 0.29) is 5.82 Å². The molecule has 0 aliphatic carbocycles. The van der Waals surface area contributed by atoms with Crippen LogP contribution in [0.3, 0.4) is 0 Å². The first-order chi connectivity index (χ1) is 9.72. The van der Waals surface area contributed by atoms with Gasteiger partial charge in [-0.05, 0) is 30.7 Å². The minimum absolute atomic E-state index is 0.142. The van der Waals surface area contributed by atoms with Gasteiger partial charge < -0.3 is 15.4 Å². The third-order valence-corrected chi connectivity index (χ3v) is 2.63. The smallest absolute Gasteiger partial charge is 0.224 e. The molecule has 0 unspecified atom stereocenters. The van der Waals surface area contributed by atoms with Crippen LogP contribution in [0.2, 0.25) is 0 Å². The Morgan fingerprint density at radius 1 is 1.25 bits per heavy atom. The molecule has 5 nitrogen and oxygen atoms in total. The van der Waals surface area contributed by atoms with Gasteiger partial charge in [-0.15, -0.1) is 0 Å². The third-order valence-electron chi connectivity index (χ3n) is 2.63. The van der Waals surface area contributed by atoms with Crippen molar-refractivity contribution in [2.75, 3.05) is 24.3 Å². The van der Waals surface area contributed by atoms with E-state index in [0.29, 0.717) is 5.95 Å². The van der Waals surface area contributed by atoms with Gasteiger partial charge in [-0.1, -0.05) is 6.92 Å². The average molecular weight is 276 g/mol. The Bertz CT molecular complexity index is 560. The Balaban J connectivity index is 2.14. The van der Waals surface area contributed by atoms with Crippen molar-refractivity contribution in [3.8, 4) is 5.75 Å². The van der Waals surface area contributed by atoms with Crippen LogP contribution in [-0.2, 0) is 0 Å². The largest absolute Gasteiger partial charge is 0.497 e. The van der Waals surface area contributed by atoms with Gasteiger partial charge in [0.1, 0.15) is 5.75 Å². The van der Waals surface area contributed by atoms with Crippen molar-refractivity contribution in [1.29, 1.82) is 0 Å². The van der Waals surface area contributed by atoms with E-state index in [1.165, 1.54) is 0 Å². The lowest BCUT2D eigenvalue weighted by molar-refractivity contribution is 0.415. The number of hydrogen-bond acceptors (Lipinski definition) is 5. The van der Waals surface area contributed by atoms with E-state index in [1.807, 2.05) is 6.92 Å². The van der Waals surface area contributed by atoms with E-state index in [9.17, 15) is 4.39 Å². The molecule has 0 saturated carbocycles. The Labute approximate surface area is 117 Å². The quantitative estimate of drug-likeness (QED) is 0.848. The van der Waals surface area contributed by atoms with Crippen LogP contribution < -0.4 is 15.4 Å². The zero-order chi connectivity index (χ0) is 14.4. The summed E-state index contributed by atoms with van der Waals surface area (Å²) in [5.74, 6) is 0.792. The highest BCUT2D eigenvalue weighted by molar-refractivity contribution is 5.58. The topological polar surface area (TPSA) is 59.1 Å². The highest BCUT2D eigenvalue weighted by atomic mass is 19.1. The first kappa shape index (κ1) is 14.0. The first-order valence-corrected chi connectivity index (χ1v) is 6.40. The molecule has 0 fully saturated rings. The average Bonchev–Trinajstić information content (AvgIpc) is 2.49. The first-order valence-electron chi connectivity index (χ1n) is 6.40. The molecule has 0 saturated heterocycles. The zero-order valence-corrected chi connectivity index (χ0v) is 11.5. The fourth-order valence-corrected chi connectivity index (χ4v) is 1.59. The number of aromatic nitrogens is 2. The summed E-state index contributed by atoms with van der Waals surface area (Å²) < 4.78 is 18.8. The lowest BCUT2D eigenvalue weighted by Crippen LogP contribution is -2.07. The van der Waals surface area contributed by atoms with Gasteiger partial charge in [-0.2, -0.15) is 4.98 Å². The van der Waals surface area contributed by atoms with E-state index in [2.05, 4.69) is 20.6 Å². The summed E-state index contributed by atoms with van der Waals surface area (Å²) in [4.78, 5) is 8.00. The SMILES string of the molecule is CCCNc1ncc(F)c(Nc2ccc(OC)cc2)n1. The number of halogens is 1. The highest BCUT2D eigenvalue weighted by Crippen LogP contribution is 2.21. The van der Waals surface area contributed by atoms with Gasteiger partial charge in [0, 0.05) is 12.2 Å². The molecule has 20 heavy (non-hydrogen) atoms. The van der Waals surface area contributed by atoms with Crippen LogP contribution in [0.4, 0.5) is 21.8 Å². The van der Waals surface area contributed by atoms with E-state index in [0.717, 1.165) is 30.6 Å². The van der Waals surface area contributed by atoms with Crippen LogP contribution in [0.5, 0.6) is 5.75 Å². The molecule has 0 aliphatic rings. The maximum atomic E-state index is 13.7. The molecule has 0 bridgehead atoms. The summed E-state index contributed by atoms with van der Waals surface area (Å²) in [6.45, 7) is 2.78. The number of rotatable bonds is 6. The summed E-state index contributed by atoms with van der Waals surface area (Å²) in [5, 5.41) is 5.94. The standard InChI is InChI=1S/C14H17FN4O/c1-3-8-16-14-17-9-12(15)13(19-14)18-10-4-6-11(20-2)7-5-10/h4-7,9H,3,8H2,1-2H3,(H2,16,17,18,19). The zero-order valence-electron chi connectivity index (χ0n) is 11.5. The van der Waals surface area contributed by atoms with Gasteiger partial charge in [-0.25, -0.2) is 9.37 Å². The molecule has 0 spiro atoms. The summed E-state index contributed by atoms with van der Waals surface area (Å²) in [6.07, 6.45) is 2.10. The second-order valence-corrected chi connectivity index (χ2v) is 4.17. The van der Waals surface area contributed by atoms with Crippen LogP contribution in [-0.4, -0.2) is 23.6 Å². The fraction of sp³-hybridized carbons (Fsp3) is 0.286. The van der Waals surface area contributed by atoms with Crippen molar-refractivity contribution in [2.24, 2.45) is 0 Å². The summed E-state index contributed by atoms with van der Waals surface area (Å²) >= 11 is 0. The van der Waals surface area contributed by atoms with Crippen molar-refractivity contribution in [3.63, 3.8) is 0 Å². The fourth-order valence-electron chi connectivity index (χ4n) is 1.59. The predicted octanol–water partition coefficient (Wildman–Crippen LogP) is 3.19. The van der Waals surface area contributed by atoms with Crippen molar-refractivity contribution < 1.29 is 9.13 Å². The predicted molar refractivity (Wildman–Crippen MR) is 77.0 cm³/mol. The van der Waals surface area contributed by atoms with E-state index >= 15 is 0 Å². The van der Waals surface area contributed by atoms with Crippen molar-refractivity contribution in [3.05, 3.63) is 36.3 Å². The Kier molecular flexibility index (Phi) is 4.70. The van der Waals surface area contributed by atoms with Crippen LogP contribution in [0.25, 0.3) is 0 Å². The van der Waals surface area contributed by atoms with Gasteiger partial charge in [-0.3, -0.25) is 0 Å². The summed E-state index contributed by atoms with van der Waals surface area (Å²) in [7, 11) is 1.60. The summed E-state index contributed by atoms with van der Waals surface area (Å²) in [6, 6.07) is 7.16. The number of benzene rings is 1. The number of nitrogens with one attached hydrogen (secondary N) is 2. The minimum atomic E-state index is -0.497. The molecule has 0 aliphatic heterocycles. The second-order valence-electron chi connectivity index (χ2n) is 4.17. The molecule has 1 aromatic heterocycles. The van der Waals surface area contributed by atoms with Crippen LogP contribution >= 0.6 is 0 Å². The Morgan fingerprint density at radius 2 is 2.00 bits per heavy atom. The monoisotopic (exact) mass is 276 g/mol. The molecule has 2 aromatic rings. The normalized spacial score (nSPS) is 10.2. The molecular formula is C14H17FN4O. The lowest BCUT2D eigenvalue weighted by Gasteiger charge is -2.09. The summed E-state index contributed by atoms with van der Waals surface area (Å²) in [5.41, 5.74) is 0.727. The Hall–Kier alpha value is -2.37. The maximum absolute atomic E-state index is 13.7. The third kappa shape index (κ3) is 3.57. The number of hydrogen-bond donors (Lipinski definition) is 2. The number of methoxy groups -OCH3 is 1. The molecule has 2 N–H and O–H groups in total. The van der Waals surface area contributed by atoms with Crippen molar-refractivity contribution in [1.82, 2.24) is 9.97 Å². The lowest BCUT2D eigenvalue weighted by atomic mass is 10.3. The highest BCUT2D eigenvalue weighted by Gasteiger charge is 2.07. The molecule has 0 atom stereocenters. The van der Waals surface area contributed by atoms with Gasteiger partial charge >= 0.3 is 0 Å². The second kappa shape index (κ2) is 6.70. The minimum Gasteiger partial charge on any atom is -0.497 e. The van der Waals surface area contributed by atoms with Crippen LogP contribution in [0, 0.1) is 5.82 Å². The van der Waals surface area contributed by atoms with E-state index < -0.39 is 5.82 Å². The maximum Gasteiger partial charge on any atom is 0.224 e.